The number of rotatable bonds is 4. The Hall–Kier alpha value is -1.67. The van der Waals surface area contributed by atoms with Gasteiger partial charge in [0.1, 0.15) is 26.2 Å². The molecule has 0 radical (unpaired) electrons. The molecule has 2 saturated heterocycles. The molecule has 8 heteroatoms. The summed E-state index contributed by atoms with van der Waals surface area (Å²) in [6.45, 7) is 5.50. The second kappa shape index (κ2) is 7.06. The second-order valence-electron chi connectivity index (χ2n) is 6.72. The molecule has 1 aromatic rings. The van der Waals surface area contributed by atoms with Crippen molar-refractivity contribution in [1.82, 2.24) is 5.32 Å². The lowest BCUT2D eigenvalue weighted by atomic mass is 10.2. The average Bonchev–Trinajstić information content (AvgIpc) is 2.93. The molecule has 132 valence electrons. The van der Waals surface area contributed by atoms with Crippen molar-refractivity contribution >= 4 is 21.6 Å². The number of nitrogens with one attached hydrogen (secondary N) is 3. The molecule has 24 heavy (non-hydrogen) atoms. The Morgan fingerprint density at radius 3 is 2.71 bits per heavy atom. The lowest BCUT2D eigenvalue weighted by molar-refractivity contribution is -0.914. The van der Waals surface area contributed by atoms with E-state index >= 15 is 0 Å². The number of nitrogens with zero attached hydrogens (tertiary/aromatic N) is 1. The number of aromatic nitrogens is 1. The molecule has 0 saturated carbocycles. The first-order chi connectivity index (χ1) is 11.4. The first-order valence-electron chi connectivity index (χ1n) is 8.52. The van der Waals surface area contributed by atoms with Gasteiger partial charge < -0.3 is 10.2 Å². The van der Waals surface area contributed by atoms with Crippen LogP contribution in [0.2, 0.25) is 0 Å². The van der Waals surface area contributed by atoms with Crippen molar-refractivity contribution in [2.75, 3.05) is 42.6 Å². The van der Waals surface area contributed by atoms with Crippen molar-refractivity contribution in [2.45, 2.75) is 25.4 Å². The van der Waals surface area contributed by atoms with E-state index in [1.165, 1.54) is 4.90 Å². The summed E-state index contributed by atoms with van der Waals surface area (Å²) in [6.07, 6.45) is 2.45. The molecule has 0 aromatic carbocycles. The molecule has 3 heterocycles. The van der Waals surface area contributed by atoms with E-state index in [-0.39, 0.29) is 29.5 Å². The fourth-order valence-electron chi connectivity index (χ4n) is 3.47. The third kappa shape index (κ3) is 4.05. The van der Waals surface area contributed by atoms with Gasteiger partial charge in [0, 0.05) is 12.1 Å². The number of H-pyrrole nitrogens is 1. The molecule has 0 spiro atoms. The summed E-state index contributed by atoms with van der Waals surface area (Å²) < 4.78 is 23.0. The van der Waals surface area contributed by atoms with Crippen LogP contribution in [-0.4, -0.2) is 64.1 Å². The van der Waals surface area contributed by atoms with Crippen LogP contribution in [0.5, 0.6) is 0 Å². The van der Waals surface area contributed by atoms with Gasteiger partial charge in [0.15, 0.2) is 15.9 Å². The summed E-state index contributed by atoms with van der Waals surface area (Å²) in [7, 11) is -2.96. The third-order valence-corrected chi connectivity index (χ3v) is 6.79. The van der Waals surface area contributed by atoms with Gasteiger partial charge in [-0.15, -0.1) is 0 Å². The summed E-state index contributed by atoms with van der Waals surface area (Å²) >= 11 is 0. The summed E-state index contributed by atoms with van der Waals surface area (Å²) in [5, 5.41) is 2.92. The van der Waals surface area contributed by atoms with Gasteiger partial charge in [-0.05, 0) is 19.4 Å². The summed E-state index contributed by atoms with van der Waals surface area (Å²) in [5.74, 6) is 1.33. The van der Waals surface area contributed by atoms with E-state index in [4.69, 9.17) is 0 Å². The normalized spacial score (nSPS) is 25.4. The Morgan fingerprint density at radius 2 is 2.12 bits per heavy atom. The number of piperazine rings is 1. The fourth-order valence-corrected chi connectivity index (χ4v) is 5.14. The highest BCUT2D eigenvalue weighted by molar-refractivity contribution is 7.91. The minimum absolute atomic E-state index is 0.0353. The van der Waals surface area contributed by atoms with Crippen LogP contribution in [0.3, 0.4) is 0 Å². The Labute approximate surface area is 143 Å². The number of carbonyl (C=O) groups excluding carboxylic acids is 1. The lowest BCUT2D eigenvalue weighted by Gasteiger charge is -2.32. The van der Waals surface area contributed by atoms with Crippen molar-refractivity contribution < 1.29 is 23.1 Å². The van der Waals surface area contributed by atoms with E-state index in [0.717, 1.165) is 32.0 Å². The first-order valence-corrected chi connectivity index (χ1v) is 10.3. The molecule has 3 N–H and O–H groups in total. The number of aromatic amines is 1. The number of quaternary nitrogens is 1. The number of anilines is 1. The van der Waals surface area contributed by atoms with E-state index in [9.17, 15) is 13.2 Å². The van der Waals surface area contributed by atoms with Crippen LogP contribution in [0, 0.1) is 0 Å². The zero-order valence-electron chi connectivity index (χ0n) is 14.0. The average molecular weight is 354 g/mol. The van der Waals surface area contributed by atoms with Crippen LogP contribution in [0.15, 0.2) is 24.4 Å². The summed E-state index contributed by atoms with van der Waals surface area (Å²) in [5.41, 5.74) is 0. The SMILES string of the molecule is C[C@@H](C(=O)N[C@@H]1CCS(=O)(=O)C1)[NH+]1CCN(c2cccc[nH+]2)CC1. The number of amides is 1. The Morgan fingerprint density at radius 1 is 1.38 bits per heavy atom. The van der Waals surface area contributed by atoms with E-state index in [1.807, 2.05) is 25.3 Å². The monoisotopic (exact) mass is 354 g/mol. The highest BCUT2D eigenvalue weighted by atomic mass is 32.2. The fraction of sp³-hybridized carbons (Fsp3) is 0.625. The highest BCUT2D eigenvalue weighted by Crippen LogP contribution is 2.11. The molecule has 0 aliphatic carbocycles. The predicted octanol–water partition coefficient (Wildman–Crippen LogP) is -2.10. The van der Waals surface area contributed by atoms with Crippen LogP contribution < -0.4 is 20.1 Å². The van der Waals surface area contributed by atoms with Gasteiger partial charge in [-0.25, -0.2) is 13.4 Å². The van der Waals surface area contributed by atoms with E-state index in [2.05, 4.69) is 21.3 Å². The summed E-state index contributed by atoms with van der Waals surface area (Å²) in [6, 6.07) is 5.65. The molecule has 2 aliphatic rings. The minimum atomic E-state index is -2.96. The van der Waals surface area contributed by atoms with Crippen molar-refractivity contribution in [2.24, 2.45) is 0 Å². The maximum Gasteiger partial charge on any atom is 0.278 e. The molecule has 2 fully saturated rings. The molecule has 1 amide bonds. The number of hydrogen-bond donors (Lipinski definition) is 2. The molecule has 2 aliphatic heterocycles. The number of hydrogen-bond acceptors (Lipinski definition) is 4. The van der Waals surface area contributed by atoms with Crippen LogP contribution in [0.25, 0.3) is 0 Å². The van der Waals surface area contributed by atoms with Crippen LogP contribution in [0.4, 0.5) is 5.82 Å². The van der Waals surface area contributed by atoms with Gasteiger partial charge in [-0.3, -0.25) is 9.69 Å². The minimum Gasteiger partial charge on any atom is -0.347 e. The maximum atomic E-state index is 12.4. The standard InChI is InChI=1S/C16H24N4O3S/c1-13(16(21)18-14-5-11-24(22,23)12-14)19-7-9-20(10-8-19)15-4-2-3-6-17-15/h2-4,6,13-14H,5,7-12H2,1H3,(H,18,21)/p+2/t13-,14+/m0/s1. The molecule has 0 bridgehead atoms. The molecular formula is C16H26N4O3S+2. The molecule has 2 atom stereocenters. The lowest BCUT2D eigenvalue weighted by Crippen LogP contribution is -3.19. The third-order valence-electron chi connectivity index (χ3n) is 5.02. The van der Waals surface area contributed by atoms with Gasteiger partial charge in [-0.1, -0.05) is 6.07 Å². The van der Waals surface area contributed by atoms with E-state index in [0.29, 0.717) is 6.42 Å². The van der Waals surface area contributed by atoms with E-state index < -0.39 is 9.84 Å². The van der Waals surface area contributed by atoms with Crippen molar-refractivity contribution in [3.8, 4) is 0 Å². The van der Waals surface area contributed by atoms with Gasteiger partial charge in [0.25, 0.3) is 11.7 Å². The Kier molecular flexibility index (Phi) is 5.05. The summed E-state index contributed by atoms with van der Waals surface area (Å²) in [4.78, 5) is 19.2. The maximum absolute atomic E-state index is 12.4. The van der Waals surface area contributed by atoms with Crippen molar-refractivity contribution in [3.05, 3.63) is 24.4 Å². The van der Waals surface area contributed by atoms with Gasteiger partial charge in [0.05, 0.1) is 17.7 Å². The van der Waals surface area contributed by atoms with Gasteiger partial charge in [0.2, 0.25) is 0 Å². The number of sulfone groups is 1. The Bertz CT molecular complexity index is 672. The molecule has 3 rings (SSSR count). The first kappa shape index (κ1) is 17.2. The van der Waals surface area contributed by atoms with Gasteiger partial charge in [-0.2, -0.15) is 0 Å². The molecule has 7 nitrogen and oxygen atoms in total. The van der Waals surface area contributed by atoms with Crippen LogP contribution in [-0.2, 0) is 14.6 Å². The zero-order valence-corrected chi connectivity index (χ0v) is 14.8. The van der Waals surface area contributed by atoms with Crippen molar-refractivity contribution in [3.63, 3.8) is 0 Å². The number of carbonyl (C=O) groups is 1. The number of pyridine rings is 1. The smallest absolute Gasteiger partial charge is 0.278 e. The predicted molar refractivity (Wildman–Crippen MR) is 90.6 cm³/mol. The largest absolute Gasteiger partial charge is 0.347 e. The van der Waals surface area contributed by atoms with Crippen LogP contribution >= 0.6 is 0 Å². The van der Waals surface area contributed by atoms with Crippen LogP contribution in [0.1, 0.15) is 13.3 Å². The topological polar surface area (TPSA) is 85.1 Å². The Balaban J connectivity index is 1.50. The van der Waals surface area contributed by atoms with Gasteiger partial charge >= 0.3 is 0 Å². The molecular weight excluding hydrogens is 328 g/mol. The van der Waals surface area contributed by atoms with E-state index in [1.54, 1.807) is 0 Å². The zero-order chi connectivity index (χ0) is 17.2. The molecule has 1 aromatic heterocycles. The van der Waals surface area contributed by atoms with Crippen molar-refractivity contribution in [1.29, 1.82) is 0 Å². The second-order valence-corrected chi connectivity index (χ2v) is 8.95. The molecule has 0 unspecified atom stereocenters. The highest BCUT2D eigenvalue weighted by Gasteiger charge is 2.35. The quantitative estimate of drug-likeness (QED) is 0.649.